The van der Waals surface area contributed by atoms with Crippen molar-refractivity contribution in [3.05, 3.63) is 0 Å². The van der Waals surface area contributed by atoms with Crippen LogP contribution in [0.15, 0.2) is 0 Å². The van der Waals surface area contributed by atoms with E-state index in [0.717, 1.165) is 6.92 Å². The number of hydrogen-bond donors (Lipinski definition) is 3. The van der Waals surface area contributed by atoms with Crippen LogP contribution in [0.1, 0.15) is 27.2 Å². The molecule has 0 radical (unpaired) electrons. The molecular formula is C8H15F2NO3. The van der Waals surface area contributed by atoms with Crippen LogP contribution in [0.4, 0.5) is 8.78 Å². The maximum absolute atomic E-state index is 12.5. The van der Waals surface area contributed by atoms with Crippen molar-refractivity contribution in [3.8, 4) is 0 Å². The molecule has 0 aromatic carbocycles. The topological polar surface area (TPSA) is 69.6 Å². The second-order valence-electron chi connectivity index (χ2n) is 3.57. The van der Waals surface area contributed by atoms with Gasteiger partial charge in [-0.05, 0) is 20.3 Å². The molecule has 0 heterocycles. The first-order valence-electron chi connectivity index (χ1n) is 4.19. The molecule has 0 spiro atoms. The van der Waals surface area contributed by atoms with Crippen LogP contribution in [-0.2, 0) is 4.79 Å². The van der Waals surface area contributed by atoms with Gasteiger partial charge in [-0.15, -0.1) is 0 Å². The van der Waals surface area contributed by atoms with Crippen molar-refractivity contribution in [2.24, 2.45) is 5.41 Å². The molecule has 0 aromatic rings. The zero-order chi connectivity index (χ0) is 11.6. The van der Waals surface area contributed by atoms with E-state index in [0.29, 0.717) is 0 Å². The van der Waals surface area contributed by atoms with Gasteiger partial charge >= 0.3 is 0 Å². The molecule has 2 atom stereocenters. The van der Waals surface area contributed by atoms with E-state index in [-0.39, 0.29) is 6.42 Å². The zero-order valence-corrected chi connectivity index (χ0v) is 8.34. The third-order valence-electron chi connectivity index (χ3n) is 2.85. The molecule has 0 aliphatic carbocycles. The van der Waals surface area contributed by atoms with Crippen LogP contribution in [0.5, 0.6) is 0 Å². The minimum absolute atomic E-state index is 0.0171. The highest BCUT2D eigenvalue weighted by Gasteiger charge is 2.53. The Kier molecular flexibility index (Phi) is 3.96. The molecule has 0 aromatic heterocycles. The highest BCUT2D eigenvalue weighted by atomic mass is 19.3. The van der Waals surface area contributed by atoms with E-state index in [1.807, 2.05) is 0 Å². The Labute approximate surface area is 80.9 Å². The number of hydroxylamine groups is 1. The van der Waals surface area contributed by atoms with E-state index in [1.54, 1.807) is 0 Å². The second kappa shape index (κ2) is 4.18. The SMILES string of the molecule is CCC(C)(C(=O)NO)C(C)(O)C(F)F. The number of nitrogens with one attached hydrogen (secondary N) is 1. The molecule has 0 saturated heterocycles. The van der Waals surface area contributed by atoms with Crippen LogP contribution < -0.4 is 5.48 Å². The molecule has 0 fully saturated rings. The fraction of sp³-hybridized carbons (Fsp3) is 0.875. The first-order valence-corrected chi connectivity index (χ1v) is 4.19. The monoisotopic (exact) mass is 211 g/mol. The van der Waals surface area contributed by atoms with Gasteiger partial charge in [-0.1, -0.05) is 6.92 Å². The molecule has 0 aliphatic rings. The van der Waals surface area contributed by atoms with Crippen LogP contribution in [0, 0.1) is 5.41 Å². The van der Waals surface area contributed by atoms with Gasteiger partial charge in [0.05, 0.1) is 5.41 Å². The highest BCUT2D eigenvalue weighted by Crippen LogP contribution is 2.38. The predicted molar refractivity (Wildman–Crippen MR) is 45.0 cm³/mol. The summed E-state index contributed by atoms with van der Waals surface area (Å²) in [5.41, 5.74) is -2.92. The molecule has 6 heteroatoms. The van der Waals surface area contributed by atoms with Gasteiger partial charge in [0.15, 0.2) is 0 Å². The van der Waals surface area contributed by atoms with Crippen LogP contribution in [0.3, 0.4) is 0 Å². The van der Waals surface area contributed by atoms with Crippen molar-refractivity contribution in [2.75, 3.05) is 0 Å². The van der Waals surface area contributed by atoms with Crippen molar-refractivity contribution >= 4 is 5.91 Å². The van der Waals surface area contributed by atoms with E-state index >= 15 is 0 Å². The van der Waals surface area contributed by atoms with Gasteiger partial charge in [-0.2, -0.15) is 0 Å². The Morgan fingerprint density at radius 2 is 1.93 bits per heavy atom. The summed E-state index contributed by atoms with van der Waals surface area (Å²) < 4.78 is 25.0. The van der Waals surface area contributed by atoms with E-state index < -0.39 is 23.3 Å². The molecule has 0 saturated carbocycles. The van der Waals surface area contributed by atoms with Gasteiger partial charge in [0, 0.05) is 0 Å². The van der Waals surface area contributed by atoms with Crippen LogP contribution in [-0.4, -0.2) is 28.2 Å². The quantitative estimate of drug-likeness (QED) is 0.478. The molecule has 84 valence electrons. The molecule has 0 bridgehead atoms. The number of rotatable bonds is 4. The van der Waals surface area contributed by atoms with Gasteiger partial charge in [0.25, 0.3) is 12.3 Å². The predicted octanol–water partition coefficient (Wildman–Crippen LogP) is 0.924. The fourth-order valence-electron chi connectivity index (χ4n) is 1.11. The standard InChI is InChI=1S/C8H15F2NO3/c1-4-7(2,6(12)11-14)8(3,13)5(9)10/h5,13-14H,4H2,1-3H3,(H,11,12). The van der Waals surface area contributed by atoms with Gasteiger partial charge in [-0.25, -0.2) is 14.3 Å². The Balaban J connectivity index is 5.13. The average molecular weight is 211 g/mol. The van der Waals surface area contributed by atoms with Crippen molar-refractivity contribution in [1.82, 2.24) is 5.48 Å². The zero-order valence-electron chi connectivity index (χ0n) is 8.34. The third kappa shape index (κ3) is 1.85. The highest BCUT2D eigenvalue weighted by molar-refractivity contribution is 5.82. The van der Waals surface area contributed by atoms with Crippen LogP contribution in [0.25, 0.3) is 0 Å². The molecule has 3 N–H and O–H groups in total. The summed E-state index contributed by atoms with van der Waals surface area (Å²) in [6.07, 6.45) is -3.08. The summed E-state index contributed by atoms with van der Waals surface area (Å²) in [7, 11) is 0. The Bertz CT molecular complexity index is 221. The minimum Gasteiger partial charge on any atom is -0.383 e. The fourth-order valence-corrected chi connectivity index (χ4v) is 1.11. The lowest BCUT2D eigenvalue weighted by Crippen LogP contribution is -2.56. The molecule has 2 unspecified atom stereocenters. The summed E-state index contributed by atoms with van der Waals surface area (Å²) in [6, 6.07) is 0. The lowest BCUT2D eigenvalue weighted by atomic mass is 9.72. The maximum Gasteiger partial charge on any atom is 0.267 e. The van der Waals surface area contributed by atoms with E-state index in [9.17, 15) is 18.7 Å². The molecule has 0 aliphatic heterocycles. The van der Waals surface area contributed by atoms with Crippen molar-refractivity contribution < 1.29 is 23.9 Å². The van der Waals surface area contributed by atoms with E-state index in [2.05, 4.69) is 0 Å². The Morgan fingerprint density at radius 3 is 2.14 bits per heavy atom. The van der Waals surface area contributed by atoms with E-state index in [1.165, 1.54) is 19.3 Å². The number of carbonyl (C=O) groups excluding carboxylic acids is 1. The molecule has 1 amide bonds. The molecule has 4 nitrogen and oxygen atoms in total. The first-order chi connectivity index (χ1) is 6.24. The summed E-state index contributed by atoms with van der Waals surface area (Å²) in [5, 5.41) is 17.9. The largest absolute Gasteiger partial charge is 0.383 e. The lowest BCUT2D eigenvalue weighted by molar-refractivity contribution is -0.182. The van der Waals surface area contributed by atoms with Gasteiger partial charge in [0.1, 0.15) is 5.60 Å². The lowest BCUT2D eigenvalue weighted by Gasteiger charge is -2.39. The minimum atomic E-state index is -3.07. The third-order valence-corrected chi connectivity index (χ3v) is 2.85. The number of carbonyl (C=O) groups is 1. The number of hydrogen-bond acceptors (Lipinski definition) is 3. The van der Waals surface area contributed by atoms with Gasteiger partial charge in [0.2, 0.25) is 0 Å². The van der Waals surface area contributed by atoms with Crippen molar-refractivity contribution in [1.29, 1.82) is 0 Å². The number of amides is 1. The number of aliphatic hydroxyl groups is 1. The molecule has 14 heavy (non-hydrogen) atoms. The molecular weight excluding hydrogens is 196 g/mol. The maximum atomic E-state index is 12.5. The van der Waals surface area contributed by atoms with Crippen LogP contribution >= 0.6 is 0 Å². The first kappa shape index (κ1) is 13.2. The number of alkyl halides is 2. The number of halogens is 2. The summed E-state index contributed by atoms with van der Waals surface area (Å²) in [5.74, 6) is -1.02. The summed E-state index contributed by atoms with van der Waals surface area (Å²) in [4.78, 5) is 11.2. The smallest absolute Gasteiger partial charge is 0.267 e. The second-order valence-corrected chi connectivity index (χ2v) is 3.57. The van der Waals surface area contributed by atoms with Gasteiger partial charge in [-0.3, -0.25) is 10.0 Å². The van der Waals surface area contributed by atoms with Crippen LogP contribution in [0.2, 0.25) is 0 Å². The Hall–Kier alpha value is -0.750. The van der Waals surface area contributed by atoms with Crippen molar-refractivity contribution in [3.63, 3.8) is 0 Å². The van der Waals surface area contributed by atoms with Gasteiger partial charge < -0.3 is 5.11 Å². The van der Waals surface area contributed by atoms with E-state index in [4.69, 9.17) is 5.21 Å². The average Bonchev–Trinajstić information content (AvgIpc) is 2.14. The Morgan fingerprint density at radius 1 is 1.50 bits per heavy atom. The normalized spacial score (nSPS) is 20.0. The summed E-state index contributed by atoms with van der Waals surface area (Å²) in [6.45, 7) is 3.52. The molecule has 0 rings (SSSR count). The van der Waals surface area contributed by atoms with Crippen molar-refractivity contribution in [2.45, 2.75) is 39.2 Å². The summed E-state index contributed by atoms with van der Waals surface area (Å²) >= 11 is 0.